The highest BCUT2D eigenvalue weighted by Gasteiger charge is 2.40. The van der Waals surface area contributed by atoms with Crippen LogP contribution < -0.4 is 10.2 Å². The fraction of sp³-hybridized carbons (Fsp3) is 0.643. The van der Waals surface area contributed by atoms with Crippen molar-refractivity contribution in [3.8, 4) is 11.8 Å². The Hall–Kier alpha value is -3.06. The molecule has 10 heteroatoms. The van der Waals surface area contributed by atoms with E-state index in [4.69, 9.17) is 4.74 Å². The molecule has 9 nitrogen and oxygen atoms in total. The van der Waals surface area contributed by atoms with Crippen LogP contribution in [-0.4, -0.2) is 65.7 Å². The number of anilines is 1. The molecule has 2 N–H and O–H groups in total. The zero-order valence-corrected chi connectivity index (χ0v) is 23.4. The molecule has 1 aromatic rings. The SMILES string of the molecule is CC(C)(C)C#Cc1cc(N(C(=O)[C@H]2CC[C@H](C)CC2)[C@H]2CCN(C(=O)OC3CNC(=O)C3)C2)c(C(=O)O)s1. The fourth-order valence-corrected chi connectivity index (χ4v) is 6.06. The van der Waals surface area contributed by atoms with Crippen molar-refractivity contribution in [3.63, 3.8) is 0 Å². The Morgan fingerprint density at radius 3 is 2.50 bits per heavy atom. The van der Waals surface area contributed by atoms with Gasteiger partial charge in [-0.15, -0.1) is 11.3 Å². The molecule has 0 radical (unpaired) electrons. The Morgan fingerprint density at radius 2 is 1.89 bits per heavy atom. The Bertz CT molecular complexity index is 1150. The smallest absolute Gasteiger partial charge is 0.410 e. The summed E-state index contributed by atoms with van der Waals surface area (Å²) in [7, 11) is 0. The lowest BCUT2D eigenvalue weighted by Crippen LogP contribution is -2.47. The number of ether oxygens (including phenoxy) is 1. The Balaban J connectivity index is 1.61. The van der Waals surface area contributed by atoms with Gasteiger partial charge in [-0.2, -0.15) is 0 Å². The predicted molar refractivity (Wildman–Crippen MR) is 144 cm³/mol. The van der Waals surface area contributed by atoms with Gasteiger partial charge in [0.1, 0.15) is 11.0 Å². The third-order valence-electron chi connectivity index (χ3n) is 7.32. The van der Waals surface area contributed by atoms with Gasteiger partial charge in [-0.05, 0) is 64.9 Å². The van der Waals surface area contributed by atoms with Crippen molar-refractivity contribution in [2.75, 3.05) is 24.5 Å². The van der Waals surface area contributed by atoms with Crippen LogP contribution in [-0.2, 0) is 14.3 Å². The van der Waals surface area contributed by atoms with E-state index in [9.17, 15) is 24.3 Å². The summed E-state index contributed by atoms with van der Waals surface area (Å²) < 4.78 is 5.51. The molecule has 2 atom stereocenters. The van der Waals surface area contributed by atoms with E-state index >= 15 is 0 Å². The second-order valence-corrected chi connectivity index (χ2v) is 12.7. The number of carboxylic acid groups (broad SMARTS) is 1. The molecule has 3 fully saturated rings. The molecule has 3 amide bonds. The summed E-state index contributed by atoms with van der Waals surface area (Å²) in [6.45, 7) is 9.05. The molecule has 38 heavy (non-hydrogen) atoms. The number of hydrogen-bond acceptors (Lipinski definition) is 6. The van der Waals surface area contributed by atoms with Gasteiger partial charge in [-0.25, -0.2) is 9.59 Å². The van der Waals surface area contributed by atoms with Crippen LogP contribution in [0.3, 0.4) is 0 Å². The van der Waals surface area contributed by atoms with Gasteiger partial charge >= 0.3 is 12.1 Å². The molecule has 1 unspecified atom stereocenters. The van der Waals surface area contributed by atoms with Crippen LogP contribution in [0, 0.1) is 29.1 Å². The molecular weight excluding hydrogens is 506 g/mol. The number of carbonyl (C=O) groups is 4. The van der Waals surface area contributed by atoms with Crippen molar-refractivity contribution in [3.05, 3.63) is 15.8 Å². The number of carbonyl (C=O) groups excluding carboxylic acids is 3. The number of aromatic carboxylic acids is 1. The number of likely N-dealkylation sites (tertiary alicyclic amines) is 1. The molecule has 3 aliphatic rings. The number of carboxylic acids is 1. The average molecular weight is 544 g/mol. The minimum absolute atomic E-state index is 0.0808. The van der Waals surface area contributed by atoms with Crippen LogP contribution in [0.5, 0.6) is 0 Å². The van der Waals surface area contributed by atoms with E-state index < -0.39 is 18.2 Å². The van der Waals surface area contributed by atoms with Gasteiger partial charge in [0.15, 0.2) is 0 Å². The molecule has 2 aliphatic heterocycles. The number of thiophene rings is 1. The van der Waals surface area contributed by atoms with Crippen LogP contribution in [0.1, 0.15) is 80.8 Å². The van der Waals surface area contributed by atoms with E-state index in [-0.39, 0.29) is 47.0 Å². The maximum atomic E-state index is 14.0. The number of nitrogens with one attached hydrogen (secondary N) is 1. The summed E-state index contributed by atoms with van der Waals surface area (Å²) in [5, 5.41) is 12.7. The molecule has 1 aromatic heterocycles. The van der Waals surface area contributed by atoms with Crippen molar-refractivity contribution in [2.45, 2.75) is 78.4 Å². The van der Waals surface area contributed by atoms with Crippen molar-refractivity contribution in [2.24, 2.45) is 17.3 Å². The summed E-state index contributed by atoms with van der Waals surface area (Å²) >= 11 is 1.08. The van der Waals surface area contributed by atoms with Crippen LogP contribution >= 0.6 is 11.3 Å². The first-order valence-electron chi connectivity index (χ1n) is 13.4. The van der Waals surface area contributed by atoms with Gasteiger partial charge in [0.25, 0.3) is 0 Å². The largest absolute Gasteiger partial charge is 0.477 e. The quantitative estimate of drug-likeness (QED) is 0.540. The second-order valence-electron chi connectivity index (χ2n) is 11.7. The lowest BCUT2D eigenvalue weighted by molar-refractivity contribution is -0.124. The second kappa shape index (κ2) is 11.4. The van der Waals surface area contributed by atoms with Gasteiger partial charge in [-0.3, -0.25) is 9.59 Å². The predicted octanol–water partition coefficient (Wildman–Crippen LogP) is 4.10. The highest BCUT2D eigenvalue weighted by atomic mass is 32.1. The number of rotatable bonds is 5. The van der Waals surface area contributed by atoms with Gasteiger partial charge in [0.2, 0.25) is 11.8 Å². The summed E-state index contributed by atoms with van der Waals surface area (Å²) in [5.74, 6) is 5.28. The van der Waals surface area contributed by atoms with Crippen molar-refractivity contribution in [1.82, 2.24) is 10.2 Å². The summed E-state index contributed by atoms with van der Waals surface area (Å²) in [4.78, 5) is 54.5. The van der Waals surface area contributed by atoms with Crippen LogP contribution in [0.15, 0.2) is 6.07 Å². The maximum Gasteiger partial charge on any atom is 0.410 e. The first kappa shape index (κ1) is 28.0. The zero-order chi connectivity index (χ0) is 27.6. The Morgan fingerprint density at radius 1 is 1.18 bits per heavy atom. The number of nitrogens with zero attached hydrogens (tertiary/aromatic N) is 2. The molecule has 1 saturated carbocycles. The minimum atomic E-state index is -1.10. The number of amides is 3. The fourth-order valence-electron chi connectivity index (χ4n) is 5.22. The van der Waals surface area contributed by atoms with E-state index in [1.54, 1.807) is 15.9 Å². The van der Waals surface area contributed by atoms with Gasteiger partial charge < -0.3 is 25.0 Å². The van der Waals surface area contributed by atoms with Gasteiger partial charge in [-0.1, -0.05) is 18.8 Å². The third-order valence-corrected chi connectivity index (χ3v) is 8.35. The van der Waals surface area contributed by atoms with Crippen molar-refractivity contribution >= 4 is 40.9 Å². The average Bonchev–Trinajstić information content (AvgIpc) is 3.58. The van der Waals surface area contributed by atoms with Gasteiger partial charge in [0.05, 0.1) is 29.6 Å². The van der Waals surface area contributed by atoms with Crippen LogP contribution in [0.25, 0.3) is 0 Å². The highest BCUT2D eigenvalue weighted by Crippen LogP contribution is 2.38. The Labute approximate surface area is 227 Å². The molecular formula is C28H37N3O6S. The van der Waals surface area contributed by atoms with E-state index in [1.165, 1.54) is 0 Å². The first-order valence-corrected chi connectivity index (χ1v) is 14.2. The van der Waals surface area contributed by atoms with E-state index in [2.05, 4.69) is 24.1 Å². The summed E-state index contributed by atoms with van der Waals surface area (Å²) in [6, 6.07) is 1.33. The lowest BCUT2D eigenvalue weighted by atomic mass is 9.82. The maximum absolute atomic E-state index is 14.0. The topological polar surface area (TPSA) is 116 Å². The van der Waals surface area contributed by atoms with Crippen molar-refractivity contribution in [1.29, 1.82) is 0 Å². The summed E-state index contributed by atoms with van der Waals surface area (Å²) in [6.07, 6.45) is 3.07. The first-order chi connectivity index (χ1) is 17.9. The van der Waals surface area contributed by atoms with E-state index in [0.29, 0.717) is 36.0 Å². The monoisotopic (exact) mass is 543 g/mol. The Kier molecular flexibility index (Phi) is 8.36. The molecule has 2 saturated heterocycles. The molecule has 1 aliphatic carbocycles. The van der Waals surface area contributed by atoms with Crippen LogP contribution in [0.4, 0.5) is 10.5 Å². The van der Waals surface area contributed by atoms with Crippen LogP contribution in [0.2, 0.25) is 0 Å². The zero-order valence-electron chi connectivity index (χ0n) is 22.5. The molecule has 4 rings (SSSR count). The van der Waals surface area contributed by atoms with E-state index in [1.807, 2.05) is 20.8 Å². The molecule has 3 heterocycles. The molecule has 0 spiro atoms. The standard InChI is InChI=1S/C28H37N3O6S/c1-17-5-7-18(8-6-17)25(33)31(22-14-21(9-11-28(2,3)4)38-24(22)26(34)35)19-10-12-30(16-19)27(36)37-20-13-23(32)29-15-20/h14,17-20H,5-8,10,12-13,15-16H2,1-4H3,(H,29,32)(H,34,35)/t17-,18-,19-,20?/m0/s1. The number of hydrogen-bond donors (Lipinski definition) is 2. The van der Waals surface area contributed by atoms with Crippen molar-refractivity contribution < 1.29 is 29.0 Å². The minimum Gasteiger partial charge on any atom is -0.477 e. The van der Waals surface area contributed by atoms with Gasteiger partial charge in [0, 0.05) is 24.4 Å². The molecule has 0 bridgehead atoms. The lowest BCUT2D eigenvalue weighted by Gasteiger charge is -2.34. The molecule has 0 aromatic carbocycles. The highest BCUT2D eigenvalue weighted by molar-refractivity contribution is 7.15. The third kappa shape index (κ3) is 6.68. The summed E-state index contributed by atoms with van der Waals surface area (Å²) in [5.41, 5.74) is 0.100. The normalized spacial score (nSPS) is 25.4. The van der Waals surface area contributed by atoms with E-state index in [0.717, 1.165) is 37.0 Å². The molecule has 206 valence electrons.